The topological polar surface area (TPSA) is 127 Å². The molecule has 8 nitrogen and oxygen atoms in total. The largest absolute Gasteiger partial charge is 0.447 e. The number of hydrogen-bond donors (Lipinski definition) is 3. The van der Waals surface area contributed by atoms with Crippen LogP contribution in [0.5, 0.6) is 0 Å². The molecular weight excluding hydrogens is 308 g/mol. The molecule has 118 valence electrons. The molecule has 0 aliphatic heterocycles. The van der Waals surface area contributed by atoms with E-state index in [2.05, 4.69) is 15.6 Å². The van der Waals surface area contributed by atoms with Gasteiger partial charge in [-0.25, -0.2) is 18.5 Å². The van der Waals surface area contributed by atoms with Crippen LogP contribution in [0.15, 0.2) is 39.8 Å². The summed E-state index contributed by atoms with van der Waals surface area (Å²) in [6.45, 7) is 0.667. The minimum absolute atomic E-state index is 0.0239. The van der Waals surface area contributed by atoms with Crippen LogP contribution in [0, 0.1) is 0 Å². The van der Waals surface area contributed by atoms with Gasteiger partial charge in [0.15, 0.2) is 5.69 Å². The van der Waals surface area contributed by atoms with Crippen molar-refractivity contribution in [3.8, 4) is 0 Å². The average molecular weight is 324 g/mol. The van der Waals surface area contributed by atoms with Gasteiger partial charge in [0.1, 0.15) is 6.26 Å². The summed E-state index contributed by atoms with van der Waals surface area (Å²) in [7, 11) is -1.97. The van der Waals surface area contributed by atoms with Crippen molar-refractivity contribution in [2.75, 3.05) is 7.05 Å². The van der Waals surface area contributed by atoms with Crippen molar-refractivity contribution in [1.82, 2.24) is 15.6 Å². The molecule has 2 rings (SSSR count). The smallest absolute Gasteiger partial charge is 0.273 e. The third-order valence-corrected chi connectivity index (χ3v) is 3.75. The monoisotopic (exact) mass is 324 g/mol. The number of oxazole rings is 1. The number of aromatic nitrogens is 1. The van der Waals surface area contributed by atoms with Gasteiger partial charge in [-0.15, -0.1) is 0 Å². The van der Waals surface area contributed by atoms with E-state index in [0.29, 0.717) is 12.4 Å². The second kappa shape index (κ2) is 6.69. The Morgan fingerprint density at radius 2 is 1.95 bits per heavy atom. The number of carbonyl (C=O) groups excluding carboxylic acids is 1. The quantitative estimate of drug-likeness (QED) is 0.685. The fraction of sp³-hybridized carbons (Fsp3) is 0.231. The standard InChI is InChI=1S/C13H16N4O4S/c1-15-7-12-17-11(8-21-12)13(18)16-6-9-2-4-10(5-3-9)22(14,19)20/h2-5,8,15H,6-7H2,1H3,(H,16,18)(H2,14,19,20). The minimum atomic E-state index is -3.71. The average Bonchev–Trinajstić information content (AvgIpc) is 2.93. The third kappa shape index (κ3) is 4.13. The Labute approximate surface area is 127 Å². The first-order valence-corrected chi connectivity index (χ1v) is 7.93. The molecule has 22 heavy (non-hydrogen) atoms. The number of primary sulfonamides is 1. The summed E-state index contributed by atoms with van der Waals surface area (Å²) in [5.74, 6) is 0.0479. The maximum Gasteiger partial charge on any atom is 0.273 e. The van der Waals surface area contributed by atoms with Crippen LogP contribution in [0.3, 0.4) is 0 Å². The molecule has 0 unspecified atom stereocenters. The van der Waals surface area contributed by atoms with E-state index in [0.717, 1.165) is 5.56 Å². The van der Waals surface area contributed by atoms with Crippen LogP contribution in [0.25, 0.3) is 0 Å². The van der Waals surface area contributed by atoms with Gasteiger partial charge < -0.3 is 15.1 Å². The highest BCUT2D eigenvalue weighted by Gasteiger charge is 2.12. The van der Waals surface area contributed by atoms with E-state index in [9.17, 15) is 13.2 Å². The molecule has 1 aromatic heterocycles. The molecule has 9 heteroatoms. The van der Waals surface area contributed by atoms with E-state index < -0.39 is 10.0 Å². The van der Waals surface area contributed by atoms with Crippen LogP contribution >= 0.6 is 0 Å². The fourth-order valence-corrected chi connectivity index (χ4v) is 2.23. The summed E-state index contributed by atoms with van der Waals surface area (Å²) in [6, 6.07) is 5.93. The fourth-order valence-electron chi connectivity index (χ4n) is 1.72. The van der Waals surface area contributed by atoms with Gasteiger partial charge in [0, 0.05) is 6.54 Å². The molecule has 2 aromatic rings. The van der Waals surface area contributed by atoms with Crippen LogP contribution in [0.1, 0.15) is 21.9 Å². The number of hydrogen-bond acceptors (Lipinski definition) is 6. The zero-order valence-corrected chi connectivity index (χ0v) is 12.7. The highest BCUT2D eigenvalue weighted by Crippen LogP contribution is 2.09. The number of nitrogens with one attached hydrogen (secondary N) is 2. The number of nitrogens with two attached hydrogens (primary N) is 1. The first-order valence-electron chi connectivity index (χ1n) is 6.39. The summed E-state index contributed by atoms with van der Waals surface area (Å²) < 4.78 is 27.4. The van der Waals surface area contributed by atoms with E-state index >= 15 is 0 Å². The highest BCUT2D eigenvalue weighted by molar-refractivity contribution is 7.89. The lowest BCUT2D eigenvalue weighted by atomic mass is 10.2. The molecule has 0 spiro atoms. The SMILES string of the molecule is CNCc1nc(C(=O)NCc2ccc(S(N)(=O)=O)cc2)co1. The molecule has 0 aliphatic rings. The Morgan fingerprint density at radius 1 is 1.27 bits per heavy atom. The zero-order chi connectivity index (χ0) is 16.2. The zero-order valence-electron chi connectivity index (χ0n) is 11.9. The molecule has 0 atom stereocenters. The van der Waals surface area contributed by atoms with E-state index in [1.165, 1.54) is 18.4 Å². The van der Waals surface area contributed by atoms with Crippen LogP contribution in [0.2, 0.25) is 0 Å². The number of nitrogens with zero attached hydrogens (tertiary/aromatic N) is 1. The number of carbonyl (C=O) groups is 1. The Balaban J connectivity index is 1.95. The Bertz CT molecular complexity index is 753. The lowest BCUT2D eigenvalue weighted by Crippen LogP contribution is -2.23. The van der Waals surface area contributed by atoms with Gasteiger partial charge in [0.05, 0.1) is 11.4 Å². The second-order valence-corrected chi connectivity index (χ2v) is 6.09. The molecule has 0 saturated carbocycles. The van der Waals surface area contributed by atoms with Gasteiger partial charge in [-0.1, -0.05) is 12.1 Å². The van der Waals surface area contributed by atoms with Gasteiger partial charge >= 0.3 is 0 Å². The molecular formula is C13H16N4O4S. The Kier molecular flexibility index (Phi) is 4.91. The molecule has 0 saturated heterocycles. The summed E-state index contributed by atoms with van der Waals surface area (Å²) >= 11 is 0. The predicted molar refractivity (Wildman–Crippen MR) is 78.3 cm³/mol. The molecule has 0 bridgehead atoms. The highest BCUT2D eigenvalue weighted by atomic mass is 32.2. The molecule has 0 fully saturated rings. The van der Waals surface area contributed by atoms with Crippen molar-refractivity contribution in [3.05, 3.63) is 47.7 Å². The van der Waals surface area contributed by atoms with Gasteiger partial charge in [-0.05, 0) is 24.7 Å². The van der Waals surface area contributed by atoms with Crippen molar-refractivity contribution >= 4 is 15.9 Å². The van der Waals surface area contributed by atoms with E-state index in [1.807, 2.05) is 0 Å². The van der Waals surface area contributed by atoms with Crippen LogP contribution < -0.4 is 15.8 Å². The lowest BCUT2D eigenvalue weighted by molar-refractivity contribution is 0.0946. The van der Waals surface area contributed by atoms with Gasteiger partial charge in [-0.3, -0.25) is 4.79 Å². The van der Waals surface area contributed by atoms with Gasteiger partial charge in [-0.2, -0.15) is 0 Å². The maximum absolute atomic E-state index is 11.9. The van der Waals surface area contributed by atoms with E-state index in [-0.39, 0.29) is 23.0 Å². The number of amides is 1. The first-order chi connectivity index (χ1) is 10.4. The molecule has 1 amide bonds. The first kappa shape index (κ1) is 16.1. The molecule has 4 N–H and O–H groups in total. The van der Waals surface area contributed by atoms with E-state index in [1.54, 1.807) is 19.2 Å². The third-order valence-electron chi connectivity index (χ3n) is 2.82. The maximum atomic E-state index is 11.9. The normalized spacial score (nSPS) is 11.4. The van der Waals surface area contributed by atoms with Crippen molar-refractivity contribution < 1.29 is 17.6 Å². The number of rotatable bonds is 6. The van der Waals surface area contributed by atoms with Crippen LogP contribution in [-0.4, -0.2) is 26.4 Å². The summed E-state index contributed by atoms with van der Waals surface area (Å²) in [5.41, 5.74) is 0.922. The second-order valence-electron chi connectivity index (χ2n) is 4.53. The summed E-state index contributed by atoms with van der Waals surface area (Å²) in [5, 5.41) is 10.5. The van der Waals surface area contributed by atoms with Gasteiger partial charge in [0.2, 0.25) is 15.9 Å². The molecule has 1 aromatic carbocycles. The summed E-state index contributed by atoms with van der Waals surface area (Å²) in [6.07, 6.45) is 1.28. The van der Waals surface area contributed by atoms with E-state index in [4.69, 9.17) is 9.56 Å². The predicted octanol–water partition coefficient (Wildman–Crippen LogP) is -0.0286. The number of sulfonamides is 1. The number of benzene rings is 1. The minimum Gasteiger partial charge on any atom is -0.447 e. The molecule has 0 radical (unpaired) electrons. The van der Waals surface area contributed by atoms with Crippen molar-refractivity contribution in [3.63, 3.8) is 0 Å². The van der Waals surface area contributed by atoms with Gasteiger partial charge in [0.25, 0.3) is 5.91 Å². The van der Waals surface area contributed by atoms with Crippen LogP contribution in [0.4, 0.5) is 0 Å². The lowest BCUT2D eigenvalue weighted by Gasteiger charge is -2.04. The Hall–Kier alpha value is -2.23. The van der Waals surface area contributed by atoms with Crippen LogP contribution in [-0.2, 0) is 23.1 Å². The van der Waals surface area contributed by atoms with Crippen molar-refractivity contribution in [1.29, 1.82) is 0 Å². The van der Waals surface area contributed by atoms with Crippen molar-refractivity contribution in [2.24, 2.45) is 5.14 Å². The summed E-state index contributed by atoms with van der Waals surface area (Å²) in [4.78, 5) is 15.9. The molecule has 0 aliphatic carbocycles. The molecule has 1 heterocycles. The van der Waals surface area contributed by atoms with Crippen molar-refractivity contribution in [2.45, 2.75) is 18.0 Å². The Morgan fingerprint density at radius 3 is 2.55 bits per heavy atom.